The molecule has 0 aliphatic rings. The van der Waals surface area contributed by atoms with Crippen molar-refractivity contribution in [1.82, 2.24) is 4.98 Å². The fourth-order valence-electron chi connectivity index (χ4n) is 1.61. The minimum Gasteiger partial charge on any atom is -0.496 e. The predicted octanol–water partition coefficient (Wildman–Crippen LogP) is 2.36. The third-order valence-corrected chi connectivity index (χ3v) is 2.36. The Balaban J connectivity index is 2.86. The smallest absolute Gasteiger partial charge is 0.168 e. The fourth-order valence-corrected chi connectivity index (χ4v) is 1.61. The molecule has 2 rings (SSSR count). The molecule has 0 fully saturated rings. The van der Waals surface area contributed by atoms with Crippen molar-refractivity contribution in [1.29, 1.82) is 0 Å². The second-order valence-corrected chi connectivity index (χ2v) is 3.34. The number of methoxy groups -OCH3 is 1. The third kappa shape index (κ3) is 1.56. The van der Waals surface area contributed by atoms with Crippen LogP contribution in [0.25, 0.3) is 10.9 Å². The van der Waals surface area contributed by atoms with Gasteiger partial charge in [0, 0.05) is 11.5 Å². The van der Waals surface area contributed by atoms with Gasteiger partial charge in [0.05, 0.1) is 12.6 Å². The van der Waals surface area contributed by atoms with Crippen LogP contribution in [0.2, 0.25) is 0 Å². The normalized spacial score (nSPS) is 10.3. The van der Waals surface area contributed by atoms with Crippen molar-refractivity contribution in [2.45, 2.75) is 6.92 Å². The van der Waals surface area contributed by atoms with Gasteiger partial charge in [-0.3, -0.25) is 4.79 Å². The second kappa shape index (κ2) is 3.69. The number of nitrogens with zero attached hydrogens (tertiary/aromatic N) is 1. The van der Waals surface area contributed by atoms with Crippen LogP contribution in [0, 0.1) is 6.92 Å². The highest BCUT2D eigenvalue weighted by atomic mass is 16.5. The minimum atomic E-state index is 0.397. The summed E-state index contributed by atoms with van der Waals surface area (Å²) in [5.74, 6) is 0.686. The van der Waals surface area contributed by atoms with E-state index >= 15 is 0 Å². The number of aldehydes is 1. The summed E-state index contributed by atoms with van der Waals surface area (Å²) in [4.78, 5) is 15.0. The zero-order valence-corrected chi connectivity index (χ0v) is 8.65. The number of carbonyl (C=O) groups is 1. The average molecular weight is 201 g/mol. The van der Waals surface area contributed by atoms with Crippen LogP contribution >= 0.6 is 0 Å². The van der Waals surface area contributed by atoms with E-state index < -0.39 is 0 Å². The summed E-state index contributed by atoms with van der Waals surface area (Å²) in [6.45, 7) is 1.96. The number of carbonyl (C=O) groups excluding carboxylic acids is 1. The molecule has 3 nitrogen and oxygen atoms in total. The largest absolute Gasteiger partial charge is 0.496 e. The molecule has 0 aliphatic heterocycles. The summed E-state index contributed by atoms with van der Waals surface area (Å²) in [5.41, 5.74) is 2.25. The number of fused-ring (bicyclic) bond motifs is 1. The molecule has 3 heteroatoms. The first-order valence-corrected chi connectivity index (χ1v) is 4.66. The van der Waals surface area contributed by atoms with Gasteiger partial charge in [-0.2, -0.15) is 0 Å². The van der Waals surface area contributed by atoms with Gasteiger partial charge >= 0.3 is 0 Å². The molecular weight excluding hydrogens is 190 g/mol. The summed E-state index contributed by atoms with van der Waals surface area (Å²) < 4.78 is 5.23. The van der Waals surface area contributed by atoms with Gasteiger partial charge in [-0.05, 0) is 18.6 Å². The number of rotatable bonds is 2. The average Bonchev–Trinajstić information content (AvgIpc) is 2.28. The molecule has 0 bridgehead atoms. The van der Waals surface area contributed by atoms with E-state index in [0.29, 0.717) is 11.4 Å². The van der Waals surface area contributed by atoms with Crippen LogP contribution in [0.4, 0.5) is 0 Å². The quantitative estimate of drug-likeness (QED) is 0.700. The summed E-state index contributed by atoms with van der Waals surface area (Å²) in [5, 5.41) is 0.933. The maximum absolute atomic E-state index is 10.7. The van der Waals surface area contributed by atoms with Crippen LogP contribution in [0.5, 0.6) is 5.75 Å². The fraction of sp³-hybridized carbons (Fsp3) is 0.167. The van der Waals surface area contributed by atoms with Crippen LogP contribution < -0.4 is 4.74 Å². The summed E-state index contributed by atoms with van der Waals surface area (Å²) in [6, 6.07) is 7.49. The molecule has 0 spiro atoms. The number of aromatic nitrogens is 1. The Bertz CT molecular complexity index is 520. The lowest BCUT2D eigenvalue weighted by molar-refractivity contribution is 0.111. The molecule has 0 aliphatic carbocycles. The molecule has 76 valence electrons. The van der Waals surface area contributed by atoms with E-state index in [1.165, 1.54) is 0 Å². The molecular formula is C12H11NO2. The van der Waals surface area contributed by atoms with Crippen molar-refractivity contribution in [2.24, 2.45) is 0 Å². The lowest BCUT2D eigenvalue weighted by atomic mass is 10.1. The molecule has 1 heterocycles. The Morgan fingerprint density at radius 1 is 1.40 bits per heavy atom. The minimum absolute atomic E-state index is 0.397. The Morgan fingerprint density at radius 2 is 2.20 bits per heavy atom. The molecule has 1 aromatic heterocycles. The van der Waals surface area contributed by atoms with E-state index in [1.54, 1.807) is 13.2 Å². The van der Waals surface area contributed by atoms with E-state index in [4.69, 9.17) is 4.74 Å². The van der Waals surface area contributed by atoms with Crippen molar-refractivity contribution < 1.29 is 9.53 Å². The Kier molecular flexibility index (Phi) is 2.37. The maximum atomic E-state index is 10.7. The van der Waals surface area contributed by atoms with Gasteiger partial charge < -0.3 is 4.74 Å². The lowest BCUT2D eigenvalue weighted by Gasteiger charge is -2.07. The SMILES string of the molecule is COc1cc(C=O)nc2c(C)cccc12. The van der Waals surface area contributed by atoms with Gasteiger partial charge in [0.1, 0.15) is 11.4 Å². The first-order chi connectivity index (χ1) is 7.26. The number of hydrogen-bond acceptors (Lipinski definition) is 3. The number of benzene rings is 1. The van der Waals surface area contributed by atoms with E-state index in [-0.39, 0.29) is 0 Å². The van der Waals surface area contributed by atoms with Crippen LogP contribution in [0.15, 0.2) is 24.3 Å². The zero-order valence-electron chi connectivity index (χ0n) is 8.65. The van der Waals surface area contributed by atoms with E-state index in [9.17, 15) is 4.79 Å². The molecule has 2 aromatic rings. The van der Waals surface area contributed by atoms with E-state index in [0.717, 1.165) is 22.8 Å². The van der Waals surface area contributed by atoms with Gasteiger partial charge in [0.25, 0.3) is 0 Å². The molecule has 1 aromatic carbocycles. The number of para-hydroxylation sites is 1. The predicted molar refractivity (Wildman–Crippen MR) is 58.4 cm³/mol. The van der Waals surface area contributed by atoms with Crippen molar-refractivity contribution in [3.05, 3.63) is 35.5 Å². The first-order valence-electron chi connectivity index (χ1n) is 4.66. The Labute approximate surface area is 87.7 Å². The summed E-state index contributed by atoms with van der Waals surface area (Å²) in [7, 11) is 1.59. The van der Waals surface area contributed by atoms with Crippen LogP contribution in [0.3, 0.4) is 0 Å². The van der Waals surface area contributed by atoms with Crippen LogP contribution in [0.1, 0.15) is 16.1 Å². The summed E-state index contributed by atoms with van der Waals surface area (Å²) >= 11 is 0. The molecule has 15 heavy (non-hydrogen) atoms. The highest BCUT2D eigenvalue weighted by molar-refractivity contribution is 5.90. The monoisotopic (exact) mass is 201 g/mol. The Hall–Kier alpha value is -1.90. The maximum Gasteiger partial charge on any atom is 0.168 e. The number of pyridine rings is 1. The molecule has 0 N–H and O–H groups in total. The number of ether oxygens (including phenoxy) is 1. The molecule has 0 saturated carbocycles. The Morgan fingerprint density at radius 3 is 2.87 bits per heavy atom. The third-order valence-electron chi connectivity index (χ3n) is 2.36. The van der Waals surface area contributed by atoms with Crippen molar-refractivity contribution in [3.8, 4) is 5.75 Å². The highest BCUT2D eigenvalue weighted by Gasteiger charge is 2.06. The van der Waals surface area contributed by atoms with Crippen LogP contribution in [-0.2, 0) is 0 Å². The topological polar surface area (TPSA) is 39.2 Å². The molecule has 0 atom stereocenters. The van der Waals surface area contributed by atoms with Crippen molar-refractivity contribution >= 4 is 17.2 Å². The van der Waals surface area contributed by atoms with E-state index in [2.05, 4.69) is 4.98 Å². The van der Waals surface area contributed by atoms with Gasteiger partial charge in [-0.25, -0.2) is 4.98 Å². The van der Waals surface area contributed by atoms with Gasteiger partial charge in [0.15, 0.2) is 6.29 Å². The number of hydrogen-bond donors (Lipinski definition) is 0. The van der Waals surface area contributed by atoms with Gasteiger partial charge in [-0.15, -0.1) is 0 Å². The second-order valence-electron chi connectivity index (χ2n) is 3.34. The summed E-state index contributed by atoms with van der Waals surface area (Å²) in [6.07, 6.45) is 0.731. The standard InChI is InChI=1S/C12H11NO2/c1-8-4-3-5-10-11(15-2)6-9(7-14)13-12(8)10/h3-7H,1-2H3. The van der Waals surface area contributed by atoms with Crippen LogP contribution in [-0.4, -0.2) is 18.4 Å². The molecule has 0 amide bonds. The van der Waals surface area contributed by atoms with Gasteiger partial charge in [0.2, 0.25) is 0 Å². The molecule has 0 saturated heterocycles. The molecule has 0 unspecified atom stereocenters. The lowest BCUT2D eigenvalue weighted by Crippen LogP contribution is -1.94. The van der Waals surface area contributed by atoms with Crippen molar-refractivity contribution in [3.63, 3.8) is 0 Å². The van der Waals surface area contributed by atoms with Crippen molar-refractivity contribution in [2.75, 3.05) is 7.11 Å². The zero-order chi connectivity index (χ0) is 10.8. The molecule has 0 radical (unpaired) electrons. The number of aryl methyl sites for hydroxylation is 1. The van der Waals surface area contributed by atoms with Gasteiger partial charge in [-0.1, -0.05) is 12.1 Å². The van der Waals surface area contributed by atoms with E-state index in [1.807, 2.05) is 25.1 Å². The highest BCUT2D eigenvalue weighted by Crippen LogP contribution is 2.26. The first kappa shape index (κ1) is 9.65.